The first kappa shape index (κ1) is 14.6. The number of halogens is 3. The average Bonchev–Trinajstić information content (AvgIpc) is 2.37. The molecule has 1 aromatic rings. The van der Waals surface area contributed by atoms with E-state index < -0.39 is 27.5 Å². The number of nitrogens with one attached hydrogen (secondary N) is 2. The Kier molecular flexibility index (Phi) is 4.39. The predicted molar refractivity (Wildman–Crippen MR) is 71.0 cm³/mol. The normalized spacial score (nSPS) is 17.4. The van der Waals surface area contributed by atoms with Crippen molar-refractivity contribution >= 4 is 31.8 Å². The van der Waals surface area contributed by atoms with Gasteiger partial charge >= 0.3 is 10.2 Å². The summed E-state index contributed by atoms with van der Waals surface area (Å²) in [4.78, 5) is 0. The molecule has 0 aromatic heterocycles. The second-order valence-corrected chi connectivity index (χ2v) is 6.53. The van der Waals surface area contributed by atoms with Crippen LogP contribution in [0.4, 0.5) is 14.5 Å². The van der Waals surface area contributed by atoms with E-state index in [-0.39, 0.29) is 17.6 Å². The zero-order valence-electron chi connectivity index (χ0n) is 9.79. The Morgan fingerprint density at radius 2 is 1.84 bits per heavy atom. The molecule has 2 rings (SSSR count). The lowest BCUT2D eigenvalue weighted by molar-refractivity contribution is 0.362. The van der Waals surface area contributed by atoms with Crippen LogP contribution in [0.2, 0.25) is 0 Å². The lowest BCUT2D eigenvalue weighted by Gasteiger charge is -2.26. The highest BCUT2D eigenvalue weighted by molar-refractivity contribution is 9.10. The maximum absolute atomic E-state index is 13.6. The number of piperazine rings is 1. The number of hydrogen-bond acceptors (Lipinski definition) is 3. The molecule has 1 saturated heterocycles. The summed E-state index contributed by atoms with van der Waals surface area (Å²) >= 11 is 2.83. The number of anilines is 1. The molecule has 0 bridgehead atoms. The molecule has 1 aliphatic heterocycles. The molecule has 0 saturated carbocycles. The first-order chi connectivity index (χ1) is 8.90. The van der Waals surface area contributed by atoms with Gasteiger partial charge in [-0.3, -0.25) is 4.72 Å². The van der Waals surface area contributed by atoms with Gasteiger partial charge in [-0.05, 0) is 22.0 Å². The van der Waals surface area contributed by atoms with Crippen molar-refractivity contribution in [1.29, 1.82) is 0 Å². The van der Waals surface area contributed by atoms with Gasteiger partial charge in [-0.25, -0.2) is 8.78 Å². The van der Waals surface area contributed by atoms with E-state index in [2.05, 4.69) is 26.0 Å². The van der Waals surface area contributed by atoms with Crippen molar-refractivity contribution in [1.82, 2.24) is 9.62 Å². The molecule has 1 fully saturated rings. The van der Waals surface area contributed by atoms with Crippen LogP contribution in [0.25, 0.3) is 0 Å². The van der Waals surface area contributed by atoms with E-state index in [0.29, 0.717) is 13.1 Å². The number of rotatable bonds is 3. The second-order valence-electron chi connectivity index (χ2n) is 4.00. The molecule has 0 radical (unpaired) electrons. The van der Waals surface area contributed by atoms with Gasteiger partial charge in [0.05, 0.1) is 10.2 Å². The van der Waals surface area contributed by atoms with Gasteiger partial charge in [-0.15, -0.1) is 0 Å². The summed E-state index contributed by atoms with van der Waals surface area (Å²) < 4.78 is 54.0. The van der Waals surface area contributed by atoms with E-state index >= 15 is 0 Å². The minimum atomic E-state index is -3.87. The van der Waals surface area contributed by atoms with E-state index in [0.717, 1.165) is 12.1 Å². The van der Waals surface area contributed by atoms with E-state index in [1.54, 1.807) is 0 Å². The van der Waals surface area contributed by atoms with Crippen LogP contribution in [0, 0.1) is 11.6 Å². The van der Waals surface area contributed by atoms with Gasteiger partial charge in [-0.1, -0.05) is 0 Å². The molecule has 5 nitrogen and oxygen atoms in total. The SMILES string of the molecule is O=S(=O)(Nc1cc(F)c(Br)cc1F)N1CCNCC1. The van der Waals surface area contributed by atoms with Crippen molar-refractivity contribution in [2.75, 3.05) is 30.9 Å². The van der Waals surface area contributed by atoms with E-state index in [4.69, 9.17) is 0 Å². The fourth-order valence-electron chi connectivity index (χ4n) is 1.69. The van der Waals surface area contributed by atoms with Crippen molar-refractivity contribution in [3.05, 3.63) is 28.2 Å². The zero-order chi connectivity index (χ0) is 14.0. The monoisotopic (exact) mass is 355 g/mol. The molecule has 1 heterocycles. The summed E-state index contributed by atoms with van der Waals surface area (Å²) in [5, 5.41) is 3.00. The Balaban J connectivity index is 2.22. The average molecular weight is 356 g/mol. The van der Waals surface area contributed by atoms with E-state index in [1.165, 1.54) is 4.31 Å². The summed E-state index contributed by atoms with van der Waals surface area (Å²) in [6.07, 6.45) is 0. The second kappa shape index (κ2) is 5.70. The fraction of sp³-hybridized carbons (Fsp3) is 0.400. The molecule has 0 aliphatic carbocycles. The van der Waals surface area contributed by atoms with Crippen LogP contribution in [0.5, 0.6) is 0 Å². The maximum Gasteiger partial charge on any atom is 0.301 e. The smallest absolute Gasteiger partial charge is 0.301 e. The van der Waals surface area contributed by atoms with E-state index in [9.17, 15) is 17.2 Å². The van der Waals surface area contributed by atoms with Crippen molar-refractivity contribution in [2.45, 2.75) is 0 Å². The minimum absolute atomic E-state index is 0.0601. The Labute approximate surface area is 118 Å². The van der Waals surface area contributed by atoms with Gasteiger partial charge in [0.25, 0.3) is 0 Å². The molecule has 1 aliphatic rings. The quantitative estimate of drug-likeness (QED) is 0.803. The summed E-state index contributed by atoms with van der Waals surface area (Å²) in [5.41, 5.74) is -0.403. The molecule has 0 unspecified atom stereocenters. The van der Waals surface area contributed by atoms with Crippen molar-refractivity contribution in [3.8, 4) is 0 Å². The summed E-state index contributed by atoms with van der Waals surface area (Å²) in [6.45, 7) is 1.63. The van der Waals surface area contributed by atoms with Crippen molar-refractivity contribution in [2.24, 2.45) is 0 Å². The molecule has 9 heteroatoms. The van der Waals surface area contributed by atoms with Crippen molar-refractivity contribution in [3.63, 3.8) is 0 Å². The molecule has 0 atom stereocenters. The van der Waals surface area contributed by atoms with Gasteiger partial charge in [0.15, 0.2) is 0 Å². The van der Waals surface area contributed by atoms with Gasteiger partial charge in [0.2, 0.25) is 0 Å². The Morgan fingerprint density at radius 3 is 2.47 bits per heavy atom. The lowest BCUT2D eigenvalue weighted by atomic mass is 10.3. The fourth-order valence-corrected chi connectivity index (χ4v) is 3.23. The maximum atomic E-state index is 13.6. The third-order valence-corrected chi connectivity index (χ3v) is 4.80. The number of nitrogens with zero attached hydrogens (tertiary/aromatic N) is 1. The summed E-state index contributed by atoms with van der Waals surface area (Å²) in [6, 6.07) is 1.68. The third-order valence-electron chi connectivity index (χ3n) is 2.66. The lowest BCUT2D eigenvalue weighted by Crippen LogP contribution is -2.48. The number of hydrogen-bond donors (Lipinski definition) is 2. The standard InChI is InChI=1S/C10H12BrF2N3O2S/c11-7-5-9(13)10(6-8(7)12)15-19(17,18)16-3-1-14-2-4-16/h5-6,14-15H,1-4H2. The third kappa shape index (κ3) is 3.41. The Bertz CT molecular complexity index is 576. The van der Waals surface area contributed by atoms with Crippen LogP contribution in [-0.2, 0) is 10.2 Å². The van der Waals surface area contributed by atoms with Crippen LogP contribution >= 0.6 is 15.9 Å². The highest BCUT2D eigenvalue weighted by Crippen LogP contribution is 2.24. The topological polar surface area (TPSA) is 61.4 Å². The molecule has 0 spiro atoms. The van der Waals surface area contributed by atoms with Crippen LogP contribution in [0.15, 0.2) is 16.6 Å². The van der Waals surface area contributed by atoms with Crippen LogP contribution < -0.4 is 10.0 Å². The zero-order valence-corrected chi connectivity index (χ0v) is 12.2. The number of benzene rings is 1. The molecular weight excluding hydrogens is 344 g/mol. The predicted octanol–water partition coefficient (Wildman–Crippen LogP) is 1.29. The van der Waals surface area contributed by atoms with Crippen molar-refractivity contribution < 1.29 is 17.2 Å². The highest BCUT2D eigenvalue weighted by atomic mass is 79.9. The van der Waals surface area contributed by atoms with Crippen LogP contribution in [0.1, 0.15) is 0 Å². The van der Waals surface area contributed by atoms with Gasteiger partial charge in [-0.2, -0.15) is 12.7 Å². The molecule has 2 N–H and O–H groups in total. The summed E-state index contributed by atoms with van der Waals surface area (Å²) in [7, 11) is -3.87. The Hall–Kier alpha value is -0.770. The molecule has 106 valence electrons. The largest absolute Gasteiger partial charge is 0.314 e. The van der Waals surface area contributed by atoms with Gasteiger partial charge < -0.3 is 5.32 Å². The molecule has 1 aromatic carbocycles. The Morgan fingerprint density at radius 1 is 1.21 bits per heavy atom. The minimum Gasteiger partial charge on any atom is -0.314 e. The molecule has 19 heavy (non-hydrogen) atoms. The summed E-state index contributed by atoms with van der Waals surface area (Å²) in [5.74, 6) is -1.58. The van der Waals surface area contributed by atoms with Gasteiger partial charge in [0.1, 0.15) is 11.6 Å². The molecule has 0 amide bonds. The first-order valence-corrected chi connectivity index (χ1v) is 7.76. The first-order valence-electron chi connectivity index (χ1n) is 5.53. The van der Waals surface area contributed by atoms with Crippen LogP contribution in [0.3, 0.4) is 0 Å². The van der Waals surface area contributed by atoms with Gasteiger partial charge in [0, 0.05) is 32.2 Å². The molecular formula is C10H12BrF2N3O2S. The van der Waals surface area contributed by atoms with Crippen LogP contribution in [-0.4, -0.2) is 38.9 Å². The van der Waals surface area contributed by atoms with E-state index in [1.807, 2.05) is 0 Å². The highest BCUT2D eigenvalue weighted by Gasteiger charge is 2.25.